The molecule has 0 heterocycles. The van der Waals surface area contributed by atoms with E-state index in [0.29, 0.717) is 27.1 Å². The first-order chi connectivity index (χ1) is 16.4. The van der Waals surface area contributed by atoms with E-state index in [9.17, 15) is 18.0 Å². The number of carbonyl (C=O) groups is 2. The monoisotopic (exact) mass is 561 g/mol. The molecule has 0 spiro atoms. The van der Waals surface area contributed by atoms with Crippen molar-refractivity contribution in [3.63, 3.8) is 0 Å². The summed E-state index contributed by atoms with van der Waals surface area (Å²) in [6.07, 6.45) is 1.05. The fourth-order valence-electron chi connectivity index (χ4n) is 3.35. The van der Waals surface area contributed by atoms with Gasteiger partial charge in [0, 0.05) is 34.7 Å². The zero-order chi connectivity index (χ0) is 26.3. The van der Waals surface area contributed by atoms with Crippen molar-refractivity contribution in [1.82, 2.24) is 14.5 Å². The highest BCUT2D eigenvalue weighted by Gasteiger charge is 2.32. The van der Waals surface area contributed by atoms with Gasteiger partial charge in [0.2, 0.25) is 21.8 Å². The minimum Gasteiger partial charge on any atom is -0.352 e. The van der Waals surface area contributed by atoms with Crippen LogP contribution in [0.1, 0.15) is 39.2 Å². The predicted octanol–water partition coefficient (Wildman–Crippen LogP) is 4.99. The molecule has 1 N–H and O–H groups in total. The van der Waals surface area contributed by atoms with E-state index in [-0.39, 0.29) is 23.4 Å². The van der Waals surface area contributed by atoms with Crippen LogP contribution in [0.4, 0.5) is 0 Å². The summed E-state index contributed by atoms with van der Waals surface area (Å²) in [7, 11) is -2.65. The van der Waals surface area contributed by atoms with Gasteiger partial charge < -0.3 is 10.2 Å². The summed E-state index contributed by atoms with van der Waals surface area (Å²) in [6, 6.07) is 9.64. The maximum absolute atomic E-state index is 13.5. The number of hydrogen-bond donors (Lipinski definition) is 1. The molecule has 0 saturated carbocycles. The number of nitrogens with zero attached hydrogens (tertiary/aromatic N) is 2. The van der Waals surface area contributed by atoms with Crippen LogP contribution in [0.5, 0.6) is 0 Å². The number of nitrogens with one attached hydrogen (secondary N) is 1. The van der Waals surface area contributed by atoms with E-state index >= 15 is 0 Å². The summed E-state index contributed by atoms with van der Waals surface area (Å²) in [6.45, 7) is 5.15. The summed E-state index contributed by atoms with van der Waals surface area (Å²) < 4.78 is 27.0. The van der Waals surface area contributed by atoms with Crippen molar-refractivity contribution < 1.29 is 18.0 Å². The largest absolute Gasteiger partial charge is 0.352 e. The quantitative estimate of drug-likeness (QED) is 0.418. The summed E-state index contributed by atoms with van der Waals surface area (Å²) in [5, 5.41) is 4.08. The third-order valence-corrected chi connectivity index (χ3v) is 8.28. The lowest BCUT2D eigenvalue weighted by Crippen LogP contribution is -2.53. The molecule has 35 heavy (non-hydrogen) atoms. The van der Waals surface area contributed by atoms with Gasteiger partial charge in [-0.2, -0.15) is 4.31 Å². The van der Waals surface area contributed by atoms with Crippen LogP contribution in [-0.4, -0.2) is 55.1 Å². The van der Waals surface area contributed by atoms with E-state index in [0.717, 1.165) is 10.7 Å². The highest BCUT2D eigenvalue weighted by Crippen LogP contribution is 2.24. The highest BCUT2D eigenvalue weighted by atomic mass is 35.5. The number of hydrogen-bond acceptors (Lipinski definition) is 4. The summed E-state index contributed by atoms with van der Waals surface area (Å²) in [5.41, 5.74) is 0.586. The first kappa shape index (κ1) is 29.4. The van der Waals surface area contributed by atoms with Crippen LogP contribution in [-0.2, 0) is 26.2 Å². The molecule has 0 fully saturated rings. The van der Waals surface area contributed by atoms with E-state index < -0.39 is 28.5 Å². The fraction of sp³-hybridized carbons (Fsp3) is 0.417. The normalized spacial score (nSPS) is 13.4. The molecular formula is C24H30Cl3N3O4S. The summed E-state index contributed by atoms with van der Waals surface area (Å²) in [5.74, 6) is -0.856. The molecular weight excluding hydrogens is 533 g/mol. The molecule has 0 aliphatic heterocycles. The summed E-state index contributed by atoms with van der Waals surface area (Å²) in [4.78, 5) is 27.9. The minimum atomic E-state index is -3.96. The second-order valence-corrected chi connectivity index (χ2v) is 11.5. The second kappa shape index (κ2) is 12.9. The van der Waals surface area contributed by atoms with Gasteiger partial charge in [-0.1, -0.05) is 54.7 Å². The molecule has 0 aliphatic carbocycles. The average Bonchev–Trinajstić information content (AvgIpc) is 2.80. The molecule has 0 bridgehead atoms. The smallest absolute Gasteiger partial charge is 0.243 e. The topological polar surface area (TPSA) is 86.8 Å². The molecule has 2 atom stereocenters. The number of benzene rings is 2. The van der Waals surface area contributed by atoms with Crippen molar-refractivity contribution in [2.75, 3.05) is 13.6 Å². The lowest BCUT2D eigenvalue weighted by Gasteiger charge is -2.32. The van der Waals surface area contributed by atoms with Crippen LogP contribution in [0.15, 0.2) is 47.4 Å². The molecule has 2 aromatic carbocycles. The zero-order valence-corrected chi connectivity index (χ0v) is 23.2. The molecule has 0 aromatic heterocycles. The van der Waals surface area contributed by atoms with Gasteiger partial charge in [-0.05, 0) is 61.7 Å². The van der Waals surface area contributed by atoms with Gasteiger partial charge in [0.05, 0.1) is 11.4 Å². The third kappa shape index (κ3) is 7.82. The lowest BCUT2D eigenvalue weighted by molar-refractivity contribution is -0.141. The Morgan fingerprint density at radius 1 is 0.971 bits per heavy atom. The molecule has 2 amide bonds. The van der Waals surface area contributed by atoms with Gasteiger partial charge in [-0.25, -0.2) is 8.42 Å². The molecule has 11 heteroatoms. The maximum Gasteiger partial charge on any atom is 0.243 e. The Morgan fingerprint density at radius 2 is 1.57 bits per heavy atom. The Morgan fingerprint density at radius 3 is 2.11 bits per heavy atom. The molecule has 0 aliphatic rings. The average molecular weight is 563 g/mol. The Bertz CT molecular complexity index is 1140. The molecule has 2 aromatic rings. The molecule has 7 nitrogen and oxygen atoms in total. The number of amides is 2. The van der Waals surface area contributed by atoms with Crippen molar-refractivity contribution in [2.24, 2.45) is 0 Å². The minimum absolute atomic E-state index is 0.00560. The van der Waals surface area contributed by atoms with E-state index in [1.165, 1.54) is 36.2 Å². The Balaban J connectivity index is 2.37. The van der Waals surface area contributed by atoms with Crippen LogP contribution < -0.4 is 5.32 Å². The summed E-state index contributed by atoms with van der Waals surface area (Å²) >= 11 is 18.2. The zero-order valence-electron chi connectivity index (χ0n) is 20.1. The van der Waals surface area contributed by atoms with E-state index in [1.54, 1.807) is 25.1 Å². The molecule has 192 valence electrons. The number of carbonyl (C=O) groups excluding carboxylic acids is 2. The van der Waals surface area contributed by atoms with Crippen molar-refractivity contribution >= 4 is 56.6 Å². The van der Waals surface area contributed by atoms with Gasteiger partial charge in [0.15, 0.2) is 0 Å². The van der Waals surface area contributed by atoms with Gasteiger partial charge in [0.1, 0.15) is 6.04 Å². The molecule has 0 saturated heterocycles. The SMILES string of the molecule is CC[C@@H](C)NC(=O)[C@@H](CC)N(Cc1ccc(Cl)cc1Cl)C(=O)CN(C)S(=O)(=O)c1ccc(Cl)cc1. The van der Waals surface area contributed by atoms with Crippen molar-refractivity contribution in [3.8, 4) is 0 Å². The van der Waals surface area contributed by atoms with Crippen LogP contribution in [0.2, 0.25) is 15.1 Å². The Kier molecular flexibility index (Phi) is 10.9. The number of halogens is 3. The number of rotatable bonds is 11. The van der Waals surface area contributed by atoms with Gasteiger partial charge in [0.25, 0.3) is 0 Å². The maximum atomic E-state index is 13.5. The fourth-order valence-corrected chi connectivity index (χ4v) is 5.06. The third-order valence-electron chi connectivity index (χ3n) is 5.62. The van der Waals surface area contributed by atoms with Crippen LogP contribution in [0.3, 0.4) is 0 Å². The first-order valence-electron chi connectivity index (χ1n) is 11.2. The van der Waals surface area contributed by atoms with E-state index in [2.05, 4.69) is 5.32 Å². The molecule has 0 unspecified atom stereocenters. The van der Waals surface area contributed by atoms with Gasteiger partial charge >= 0.3 is 0 Å². The van der Waals surface area contributed by atoms with Crippen molar-refractivity contribution in [3.05, 3.63) is 63.1 Å². The lowest BCUT2D eigenvalue weighted by atomic mass is 10.1. The van der Waals surface area contributed by atoms with E-state index in [4.69, 9.17) is 34.8 Å². The standard InChI is InChI=1S/C24H30Cl3N3O4S/c1-5-16(3)28-24(32)22(6-2)30(14-17-7-8-19(26)13-21(17)27)23(31)15-29(4)35(33,34)20-11-9-18(25)10-12-20/h7-13,16,22H,5-6,14-15H2,1-4H3,(H,28,32)/t16-,22-/m1/s1. The molecule has 2 rings (SSSR count). The first-order valence-corrected chi connectivity index (χ1v) is 13.7. The van der Waals surface area contributed by atoms with Gasteiger partial charge in [-0.3, -0.25) is 9.59 Å². The van der Waals surface area contributed by atoms with Crippen LogP contribution >= 0.6 is 34.8 Å². The second-order valence-electron chi connectivity index (χ2n) is 8.21. The molecule has 0 radical (unpaired) electrons. The van der Waals surface area contributed by atoms with Gasteiger partial charge in [-0.15, -0.1) is 0 Å². The highest BCUT2D eigenvalue weighted by molar-refractivity contribution is 7.89. The van der Waals surface area contributed by atoms with E-state index in [1.807, 2.05) is 13.8 Å². The van der Waals surface area contributed by atoms with Crippen molar-refractivity contribution in [1.29, 1.82) is 0 Å². The Hall–Kier alpha value is -1.84. The Labute approximate surface area is 222 Å². The number of likely N-dealkylation sites (N-methyl/N-ethyl adjacent to an activating group) is 1. The van der Waals surface area contributed by atoms with Crippen molar-refractivity contribution in [2.45, 2.75) is 57.1 Å². The predicted molar refractivity (Wildman–Crippen MR) is 140 cm³/mol. The van der Waals surface area contributed by atoms with Crippen LogP contribution in [0, 0.1) is 0 Å². The number of sulfonamides is 1. The van der Waals surface area contributed by atoms with Crippen LogP contribution in [0.25, 0.3) is 0 Å².